The van der Waals surface area contributed by atoms with Gasteiger partial charge in [-0.05, 0) is 36.8 Å². The predicted molar refractivity (Wildman–Crippen MR) is 72.7 cm³/mol. The van der Waals surface area contributed by atoms with Crippen molar-refractivity contribution in [2.45, 2.75) is 19.3 Å². The van der Waals surface area contributed by atoms with E-state index in [4.69, 9.17) is 34.0 Å². The smallest absolute Gasteiger partial charge is 0.0720 e. The van der Waals surface area contributed by atoms with E-state index < -0.39 is 0 Å². The van der Waals surface area contributed by atoms with E-state index in [1.807, 2.05) is 0 Å². The largest absolute Gasteiger partial charge is 0.399 e. The van der Waals surface area contributed by atoms with Gasteiger partial charge in [-0.2, -0.15) is 0 Å². The Bertz CT molecular complexity index is 396. The molecule has 1 aliphatic rings. The van der Waals surface area contributed by atoms with Crippen LogP contribution >= 0.6 is 23.2 Å². The lowest BCUT2D eigenvalue weighted by Crippen LogP contribution is -2.17. The summed E-state index contributed by atoms with van der Waals surface area (Å²) >= 11 is 12.2. The lowest BCUT2D eigenvalue weighted by Gasteiger charge is -2.17. The van der Waals surface area contributed by atoms with E-state index in [1.165, 1.54) is 0 Å². The number of benzene rings is 1. The number of hydrogen-bond acceptors (Lipinski definition) is 3. The van der Waals surface area contributed by atoms with E-state index in [9.17, 15) is 0 Å². The average molecular weight is 275 g/mol. The second-order valence-electron chi connectivity index (χ2n) is 4.69. The lowest BCUT2D eigenvalue weighted by atomic mass is 10.0. The van der Waals surface area contributed by atoms with Gasteiger partial charge in [-0.3, -0.25) is 0 Å². The Morgan fingerprint density at radius 2 is 1.88 bits per heavy atom. The predicted octanol–water partition coefficient (Wildman–Crippen LogP) is 3.15. The summed E-state index contributed by atoms with van der Waals surface area (Å²) in [6.07, 6.45) is 3.11. The second kappa shape index (κ2) is 4.92. The summed E-state index contributed by atoms with van der Waals surface area (Å²) in [5, 5.41) is 13.3. The normalized spacial score (nSPS) is 16.9. The zero-order valence-electron chi connectivity index (χ0n) is 9.47. The highest BCUT2D eigenvalue weighted by Gasteiger charge is 2.41. The Labute approximate surface area is 111 Å². The molecule has 0 saturated heterocycles. The third-order valence-corrected chi connectivity index (χ3v) is 3.90. The summed E-state index contributed by atoms with van der Waals surface area (Å²) in [5.74, 6) is 0. The van der Waals surface area contributed by atoms with E-state index in [2.05, 4.69) is 5.32 Å². The molecule has 1 saturated carbocycles. The van der Waals surface area contributed by atoms with Gasteiger partial charge in [0.1, 0.15) is 0 Å². The Morgan fingerprint density at radius 3 is 2.35 bits per heavy atom. The molecule has 1 aliphatic carbocycles. The maximum absolute atomic E-state index is 8.99. The molecule has 0 atom stereocenters. The quantitative estimate of drug-likeness (QED) is 0.723. The first-order valence-electron chi connectivity index (χ1n) is 5.66. The lowest BCUT2D eigenvalue weighted by molar-refractivity contribution is 0.253. The monoisotopic (exact) mass is 274 g/mol. The third kappa shape index (κ3) is 2.97. The van der Waals surface area contributed by atoms with Crippen LogP contribution in [0, 0.1) is 5.41 Å². The SMILES string of the molecule is Nc1cc(Cl)c(NCC2(CCO)CC2)c(Cl)c1. The first-order valence-corrected chi connectivity index (χ1v) is 6.41. The highest BCUT2D eigenvalue weighted by Crippen LogP contribution is 2.49. The van der Waals surface area contributed by atoms with Gasteiger partial charge in [-0.1, -0.05) is 23.2 Å². The van der Waals surface area contributed by atoms with Crippen LogP contribution in [-0.4, -0.2) is 18.3 Å². The maximum atomic E-state index is 8.99. The van der Waals surface area contributed by atoms with Crippen LogP contribution in [0.2, 0.25) is 10.0 Å². The highest BCUT2D eigenvalue weighted by molar-refractivity contribution is 6.39. The number of aliphatic hydroxyl groups excluding tert-OH is 1. The zero-order valence-corrected chi connectivity index (χ0v) is 11.0. The van der Waals surface area contributed by atoms with E-state index >= 15 is 0 Å². The molecule has 4 N–H and O–H groups in total. The Kier molecular flexibility index (Phi) is 3.71. The van der Waals surface area contributed by atoms with Gasteiger partial charge in [0.15, 0.2) is 0 Å². The van der Waals surface area contributed by atoms with Crippen molar-refractivity contribution in [1.82, 2.24) is 0 Å². The van der Waals surface area contributed by atoms with E-state index in [0.717, 1.165) is 31.5 Å². The van der Waals surface area contributed by atoms with Crippen LogP contribution < -0.4 is 11.1 Å². The van der Waals surface area contributed by atoms with Crippen LogP contribution in [0.1, 0.15) is 19.3 Å². The van der Waals surface area contributed by atoms with Crippen molar-refractivity contribution >= 4 is 34.6 Å². The molecule has 0 unspecified atom stereocenters. The van der Waals surface area contributed by atoms with E-state index in [-0.39, 0.29) is 12.0 Å². The van der Waals surface area contributed by atoms with E-state index in [0.29, 0.717) is 15.7 Å². The molecule has 17 heavy (non-hydrogen) atoms. The van der Waals surface area contributed by atoms with Crippen LogP contribution in [0.3, 0.4) is 0 Å². The number of anilines is 2. The number of hydrogen-bond donors (Lipinski definition) is 3. The summed E-state index contributed by atoms with van der Waals surface area (Å²) in [7, 11) is 0. The van der Waals surface area contributed by atoms with Crippen LogP contribution in [0.25, 0.3) is 0 Å². The van der Waals surface area contributed by atoms with Crippen molar-refractivity contribution in [3.05, 3.63) is 22.2 Å². The molecule has 94 valence electrons. The molecular weight excluding hydrogens is 259 g/mol. The number of halogens is 2. The molecule has 0 spiro atoms. The molecule has 1 fully saturated rings. The summed E-state index contributed by atoms with van der Waals surface area (Å²) in [6.45, 7) is 1.02. The summed E-state index contributed by atoms with van der Waals surface area (Å²) in [5.41, 5.74) is 7.15. The number of nitrogen functional groups attached to an aromatic ring is 1. The second-order valence-corrected chi connectivity index (χ2v) is 5.50. The minimum absolute atomic E-state index is 0.225. The minimum Gasteiger partial charge on any atom is -0.399 e. The van der Waals surface area contributed by atoms with E-state index in [1.54, 1.807) is 12.1 Å². The van der Waals surface area contributed by atoms with Crippen molar-refractivity contribution < 1.29 is 5.11 Å². The molecular formula is C12H16Cl2N2O. The third-order valence-electron chi connectivity index (χ3n) is 3.30. The summed E-state index contributed by atoms with van der Waals surface area (Å²) in [6, 6.07) is 3.36. The molecule has 5 heteroatoms. The van der Waals surface area contributed by atoms with Crippen molar-refractivity contribution in [2.75, 3.05) is 24.2 Å². The molecule has 0 aromatic heterocycles. The van der Waals surface area contributed by atoms with Crippen molar-refractivity contribution in [2.24, 2.45) is 5.41 Å². The van der Waals surface area contributed by atoms with Gasteiger partial charge in [0.05, 0.1) is 15.7 Å². The Balaban J connectivity index is 2.04. The molecule has 3 nitrogen and oxygen atoms in total. The van der Waals surface area contributed by atoms with Gasteiger partial charge in [-0.25, -0.2) is 0 Å². The summed E-state index contributed by atoms with van der Waals surface area (Å²) < 4.78 is 0. The first kappa shape index (κ1) is 12.8. The standard InChI is InChI=1S/C12H16Cl2N2O/c13-9-5-8(15)6-10(14)11(9)16-7-12(1-2-12)3-4-17/h5-6,16-17H,1-4,7,15H2. The van der Waals surface area contributed by atoms with Gasteiger partial charge in [0.2, 0.25) is 0 Å². The van der Waals surface area contributed by atoms with Crippen LogP contribution in [0.5, 0.6) is 0 Å². The fourth-order valence-electron chi connectivity index (χ4n) is 1.97. The number of aliphatic hydroxyl groups is 1. The molecule has 0 amide bonds. The van der Waals surface area contributed by atoms with Gasteiger partial charge < -0.3 is 16.2 Å². The molecule has 0 heterocycles. The van der Waals surface area contributed by atoms with Crippen molar-refractivity contribution in [1.29, 1.82) is 0 Å². The van der Waals surface area contributed by atoms with Gasteiger partial charge in [0.25, 0.3) is 0 Å². The van der Waals surface area contributed by atoms with Gasteiger partial charge in [-0.15, -0.1) is 0 Å². The van der Waals surface area contributed by atoms with Crippen LogP contribution in [-0.2, 0) is 0 Å². The van der Waals surface area contributed by atoms with Crippen molar-refractivity contribution in [3.8, 4) is 0 Å². The molecule has 2 rings (SSSR count). The molecule has 0 bridgehead atoms. The number of nitrogens with one attached hydrogen (secondary N) is 1. The fourth-order valence-corrected chi connectivity index (χ4v) is 2.60. The molecule has 1 aromatic rings. The zero-order chi connectivity index (χ0) is 12.5. The van der Waals surface area contributed by atoms with Crippen LogP contribution in [0.15, 0.2) is 12.1 Å². The fraction of sp³-hybridized carbons (Fsp3) is 0.500. The number of rotatable bonds is 5. The number of nitrogens with two attached hydrogens (primary N) is 1. The van der Waals surface area contributed by atoms with Crippen LogP contribution in [0.4, 0.5) is 11.4 Å². The Morgan fingerprint density at radius 1 is 1.29 bits per heavy atom. The maximum Gasteiger partial charge on any atom is 0.0720 e. The summed E-state index contributed by atoms with van der Waals surface area (Å²) in [4.78, 5) is 0. The topological polar surface area (TPSA) is 58.3 Å². The molecule has 0 radical (unpaired) electrons. The van der Waals surface area contributed by atoms with Gasteiger partial charge in [0, 0.05) is 18.8 Å². The minimum atomic E-state index is 0.225. The Hall–Kier alpha value is -0.640. The molecule has 0 aliphatic heterocycles. The first-order chi connectivity index (χ1) is 8.06. The molecule has 1 aromatic carbocycles. The average Bonchev–Trinajstić information content (AvgIpc) is 2.97. The highest BCUT2D eigenvalue weighted by atomic mass is 35.5. The van der Waals surface area contributed by atoms with Crippen molar-refractivity contribution in [3.63, 3.8) is 0 Å². The van der Waals surface area contributed by atoms with Gasteiger partial charge >= 0.3 is 0 Å².